The predicted molar refractivity (Wildman–Crippen MR) is 69.3 cm³/mol. The highest BCUT2D eigenvalue weighted by Crippen LogP contribution is 2.16. The fourth-order valence-electron chi connectivity index (χ4n) is 1.71. The fourth-order valence-corrected chi connectivity index (χ4v) is 1.71. The molecule has 0 spiro atoms. The minimum Gasteiger partial charge on any atom is -0.395 e. The Hall–Kier alpha value is -1.55. The minimum atomic E-state index is -0.0434. The van der Waals surface area contributed by atoms with Crippen molar-refractivity contribution in [1.82, 2.24) is 4.90 Å². The molecule has 4 heteroatoms. The molecule has 1 amide bonds. The van der Waals surface area contributed by atoms with Crippen molar-refractivity contribution in [3.63, 3.8) is 0 Å². The lowest BCUT2D eigenvalue weighted by atomic mass is 10.1. The van der Waals surface area contributed by atoms with Crippen LogP contribution in [0.25, 0.3) is 0 Å². The van der Waals surface area contributed by atoms with E-state index in [2.05, 4.69) is 5.32 Å². The van der Waals surface area contributed by atoms with E-state index < -0.39 is 0 Å². The summed E-state index contributed by atoms with van der Waals surface area (Å²) in [6.45, 7) is 5.63. The number of nitrogens with one attached hydrogen (secondary N) is 1. The number of carbonyl (C=O) groups is 1. The van der Waals surface area contributed by atoms with Crippen LogP contribution in [0.15, 0.2) is 24.3 Å². The first-order valence-electron chi connectivity index (χ1n) is 5.97. The smallest absolute Gasteiger partial charge is 0.256 e. The third-order valence-electron chi connectivity index (χ3n) is 2.56. The summed E-state index contributed by atoms with van der Waals surface area (Å²) in [5.41, 5.74) is 1.50. The Morgan fingerprint density at radius 3 is 2.65 bits per heavy atom. The quantitative estimate of drug-likeness (QED) is 0.788. The molecule has 0 fully saturated rings. The van der Waals surface area contributed by atoms with Crippen LogP contribution in [0.2, 0.25) is 0 Å². The molecule has 94 valence electrons. The van der Waals surface area contributed by atoms with Gasteiger partial charge >= 0.3 is 0 Å². The first-order valence-corrected chi connectivity index (χ1v) is 5.97. The maximum Gasteiger partial charge on any atom is 0.256 e. The maximum absolute atomic E-state index is 12.2. The molecule has 0 aromatic heterocycles. The van der Waals surface area contributed by atoms with Crippen molar-refractivity contribution < 1.29 is 9.90 Å². The molecule has 4 nitrogen and oxygen atoms in total. The summed E-state index contributed by atoms with van der Waals surface area (Å²) in [5.74, 6) is -0.0434. The average Bonchev–Trinajstić information content (AvgIpc) is 2.36. The third-order valence-corrected chi connectivity index (χ3v) is 2.56. The molecular formula is C13H20N2O2. The molecule has 0 saturated carbocycles. The van der Waals surface area contributed by atoms with E-state index in [1.165, 1.54) is 0 Å². The number of hydrogen-bond donors (Lipinski definition) is 2. The lowest BCUT2D eigenvalue weighted by molar-refractivity contribution is 0.0733. The highest BCUT2D eigenvalue weighted by Gasteiger charge is 2.16. The monoisotopic (exact) mass is 236 g/mol. The summed E-state index contributed by atoms with van der Waals surface area (Å²) in [6.07, 6.45) is 0. The summed E-state index contributed by atoms with van der Waals surface area (Å²) < 4.78 is 0. The van der Waals surface area contributed by atoms with Crippen LogP contribution in [0.5, 0.6) is 0 Å². The molecule has 1 rings (SSSR count). The molecule has 0 aliphatic carbocycles. The van der Waals surface area contributed by atoms with Gasteiger partial charge in [-0.05, 0) is 26.0 Å². The van der Waals surface area contributed by atoms with E-state index in [-0.39, 0.29) is 12.5 Å². The van der Waals surface area contributed by atoms with Crippen LogP contribution in [-0.4, -0.2) is 42.2 Å². The van der Waals surface area contributed by atoms with Gasteiger partial charge in [0.2, 0.25) is 0 Å². The standard InChI is InChI=1S/C13H20N2O2/c1-3-14-12-8-6-5-7-11(12)13(17)15(4-2)9-10-16/h5-8,14,16H,3-4,9-10H2,1-2H3. The van der Waals surface area contributed by atoms with E-state index in [4.69, 9.17) is 5.11 Å². The highest BCUT2D eigenvalue weighted by atomic mass is 16.3. The zero-order valence-corrected chi connectivity index (χ0v) is 10.4. The maximum atomic E-state index is 12.2. The average molecular weight is 236 g/mol. The van der Waals surface area contributed by atoms with Gasteiger partial charge in [-0.25, -0.2) is 0 Å². The van der Waals surface area contributed by atoms with E-state index in [1.54, 1.807) is 11.0 Å². The molecule has 17 heavy (non-hydrogen) atoms. The number of anilines is 1. The number of para-hydroxylation sites is 1. The Bertz CT molecular complexity index is 366. The van der Waals surface area contributed by atoms with Crippen LogP contribution in [0.1, 0.15) is 24.2 Å². The van der Waals surface area contributed by atoms with Crippen LogP contribution < -0.4 is 5.32 Å². The van der Waals surface area contributed by atoms with E-state index in [0.717, 1.165) is 12.2 Å². The fraction of sp³-hybridized carbons (Fsp3) is 0.462. The number of amides is 1. The molecule has 1 aromatic carbocycles. The van der Waals surface area contributed by atoms with Gasteiger partial charge in [-0.15, -0.1) is 0 Å². The van der Waals surface area contributed by atoms with E-state index in [1.807, 2.05) is 32.0 Å². The number of nitrogens with zero attached hydrogens (tertiary/aromatic N) is 1. The lowest BCUT2D eigenvalue weighted by Crippen LogP contribution is -2.33. The second-order valence-corrected chi connectivity index (χ2v) is 3.68. The number of likely N-dealkylation sites (N-methyl/N-ethyl adjacent to an activating group) is 1. The van der Waals surface area contributed by atoms with Crippen molar-refractivity contribution in [1.29, 1.82) is 0 Å². The van der Waals surface area contributed by atoms with Gasteiger partial charge in [-0.1, -0.05) is 12.1 Å². The van der Waals surface area contributed by atoms with E-state index in [0.29, 0.717) is 18.7 Å². The number of rotatable bonds is 6. The molecular weight excluding hydrogens is 216 g/mol. The molecule has 0 radical (unpaired) electrons. The summed E-state index contributed by atoms with van der Waals surface area (Å²) in [4.78, 5) is 13.9. The zero-order valence-electron chi connectivity index (χ0n) is 10.4. The second kappa shape index (κ2) is 6.91. The molecule has 0 saturated heterocycles. The normalized spacial score (nSPS) is 10.1. The zero-order chi connectivity index (χ0) is 12.7. The van der Waals surface area contributed by atoms with Crippen LogP contribution in [0.4, 0.5) is 5.69 Å². The number of carbonyl (C=O) groups excluding carboxylic acids is 1. The Labute approximate surface area is 102 Å². The predicted octanol–water partition coefficient (Wildman–Crippen LogP) is 1.57. The minimum absolute atomic E-state index is 0.0110. The van der Waals surface area contributed by atoms with Crippen LogP contribution in [0.3, 0.4) is 0 Å². The van der Waals surface area contributed by atoms with Crippen molar-refractivity contribution in [3.8, 4) is 0 Å². The van der Waals surface area contributed by atoms with Gasteiger partial charge in [-0.3, -0.25) is 4.79 Å². The lowest BCUT2D eigenvalue weighted by Gasteiger charge is -2.21. The molecule has 0 unspecified atom stereocenters. The Morgan fingerprint density at radius 2 is 2.06 bits per heavy atom. The largest absolute Gasteiger partial charge is 0.395 e. The third kappa shape index (κ3) is 3.46. The number of aliphatic hydroxyl groups is 1. The molecule has 0 atom stereocenters. The molecule has 0 aliphatic heterocycles. The van der Waals surface area contributed by atoms with Crippen molar-refractivity contribution in [2.75, 3.05) is 31.6 Å². The van der Waals surface area contributed by atoms with Crippen molar-refractivity contribution in [2.24, 2.45) is 0 Å². The Kier molecular flexibility index (Phi) is 5.49. The molecule has 2 N–H and O–H groups in total. The van der Waals surface area contributed by atoms with Crippen LogP contribution in [-0.2, 0) is 0 Å². The highest BCUT2D eigenvalue weighted by molar-refractivity contribution is 5.99. The summed E-state index contributed by atoms with van der Waals surface area (Å²) >= 11 is 0. The summed E-state index contributed by atoms with van der Waals surface area (Å²) in [5, 5.41) is 12.1. The van der Waals surface area contributed by atoms with E-state index in [9.17, 15) is 4.79 Å². The van der Waals surface area contributed by atoms with Crippen LogP contribution in [0, 0.1) is 0 Å². The molecule has 0 bridgehead atoms. The summed E-state index contributed by atoms with van der Waals surface area (Å²) in [6, 6.07) is 7.45. The Morgan fingerprint density at radius 1 is 1.35 bits per heavy atom. The molecule has 0 aliphatic rings. The van der Waals surface area contributed by atoms with Crippen LogP contribution >= 0.6 is 0 Å². The first-order chi connectivity index (χ1) is 8.24. The SMILES string of the molecule is CCNc1ccccc1C(=O)N(CC)CCO. The first kappa shape index (κ1) is 13.5. The molecule has 0 heterocycles. The topological polar surface area (TPSA) is 52.6 Å². The molecule has 1 aromatic rings. The van der Waals surface area contributed by atoms with Gasteiger partial charge < -0.3 is 15.3 Å². The van der Waals surface area contributed by atoms with Gasteiger partial charge in [0.05, 0.1) is 12.2 Å². The number of hydrogen-bond acceptors (Lipinski definition) is 3. The van der Waals surface area contributed by atoms with Gasteiger partial charge in [-0.2, -0.15) is 0 Å². The second-order valence-electron chi connectivity index (χ2n) is 3.68. The summed E-state index contributed by atoms with van der Waals surface area (Å²) in [7, 11) is 0. The van der Waals surface area contributed by atoms with Gasteiger partial charge in [0.25, 0.3) is 5.91 Å². The van der Waals surface area contributed by atoms with Crippen molar-refractivity contribution >= 4 is 11.6 Å². The van der Waals surface area contributed by atoms with Gasteiger partial charge in [0.1, 0.15) is 0 Å². The van der Waals surface area contributed by atoms with Crippen molar-refractivity contribution in [2.45, 2.75) is 13.8 Å². The van der Waals surface area contributed by atoms with E-state index >= 15 is 0 Å². The van der Waals surface area contributed by atoms with Crippen molar-refractivity contribution in [3.05, 3.63) is 29.8 Å². The number of benzene rings is 1. The van der Waals surface area contributed by atoms with Gasteiger partial charge in [0, 0.05) is 25.3 Å². The Balaban J connectivity index is 2.93. The number of aliphatic hydroxyl groups excluding tert-OH is 1. The van der Waals surface area contributed by atoms with Gasteiger partial charge in [0.15, 0.2) is 0 Å².